The molecule has 3 rings (SSSR count). The van der Waals surface area contributed by atoms with Crippen LogP contribution in [0.4, 0.5) is 11.4 Å². The number of hydrogen-bond acceptors (Lipinski definition) is 6. The van der Waals surface area contributed by atoms with E-state index in [4.69, 9.17) is 0 Å². The maximum atomic E-state index is 14.0. The number of carbonyl (C=O) groups excluding carboxylic acids is 2. The molecule has 0 saturated heterocycles. The monoisotopic (exact) mass is 566 g/mol. The van der Waals surface area contributed by atoms with Gasteiger partial charge in [0.1, 0.15) is 12.6 Å². The highest BCUT2D eigenvalue weighted by molar-refractivity contribution is 7.92. The van der Waals surface area contributed by atoms with E-state index in [1.807, 2.05) is 45.0 Å². The van der Waals surface area contributed by atoms with Gasteiger partial charge in [-0.05, 0) is 56.5 Å². The van der Waals surface area contributed by atoms with Gasteiger partial charge >= 0.3 is 0 Å². The Balaban J connectivity index is 2.11. The van der Waals surface area contributed by atoms with E-state index >= 15 is 0 Å². The lowest BCUT2D eigenvalue weighted by Gasteiger charge is -2.33. The molecule has 0 heterocycles. The van der Waals surface area contributed by atoms with Crippen molar-refractivity contribution in [1.82, 2.24) is 10.2 Å². The van der Waals surface area contributed by atoms with Gasteiger partial charge in [-0.15, -0.1) is 0 Å². The number of nitro benzene ring substituents is 1. The van der Waals surface area contributed by atoms with Crippen LogP contribution in [-0.4, -0.2) is 48.7 Å². The lowest BCUT2D eigenvalue weighted by molar-refractivity contribution is -0.384. The molecule has 0 aromatic heterocycles. The Morgan fingerprint density at radius 2 is 1.62 bits per heavy atom. The Morgan fingerprint density at radius 1 is 0.975 bits per heavy atom. The molecular weight excluding hydrogens is 532 g/mol. The Morgan fingerprint density at radius 3 is 2.23 bits per heavy atom. The summed E-state index contributed by atoms with van der Waals surface area (Å²) >= 11 is 0. The molecule has 0 fully saturated rings. The highest BCUT2D eigenvalue weighted by Gasteiger charge is 2.34. The molecule has 0 aliphatic rings. The molecule has 1 atom stereocenters. The summed E-state index contributed by atoms with van der Waals surface area (Å²) in [5.41, 5.74) is 1.35. The second-order valence-corrected chi connectivity index (χ2v) is 11.5. The molecule has 40 heavy (non-hydrogen) atoms. The first kappa shape index (κ1) is 30.3. The van der Waals surface area contributed by atoms with Gasteiger partial charge in [-0.3, -0.25) is 24.0 Å². The van der Waals surface area contributed by atoms with Gasteiger partial charge in [0, 0.05) is 24.7 Å². The molecule has 3 aromatic carbocycles. The molecule has 212 valence electrons. The number of carbonyl (C=O) groups is 2. The quantitative estimate of drug-likeness (QED) is 0.255. The number of nitrogens with one attached hydrogen (secondary N) is 1. The van der Waals surface area contributed by atoms with Gasteiger partial charge in [-0.2, -0.15) is 0 Å². The summed E-state index contributed by atoms with van der Waals surface area (Å²) in [6, 6.07) is 19.0. The summed E-state index contributed by atoms with van der Waals surface area (Å²) in [4.78, 5) is 39.4. The van der Waals surface area contributed by atoms with Crippen molar-refractivity contribution in [2.24, 2.45) is 0 Å². The van der Waals surface area contributed by atoms with Crippen molar-refractivity contribution in [3.8, 4) is 0 Å². The van der Waals surface area contributed by atoms with Crippen molar-refractivity contribution in [3.63, 3.8) is 0 Å². The summed E-state index contributed by atoms with van der Waals surface area (Å²) in [7, 11) is -4.32. The predicted octanol–water partition coefficient (Wildman–Crippen LogP) is 4.43. The molecule has 0 aliphatic carbocycles. The number of benzene rings is 3. The van der Waals surface area contributed by atoms with Crippen molar-refractivity contribution in [1.29, 1.82) is 0 Å². The van der Waals surface area contributed by atoms with Gasteiger partial charge in [-0.25, -0.2) is 8.42 Å². The van der Waals surface area contributed by atoms with E-state index in [1.165, 1.54) is 35.2 Å². The second-order valence-electron chi connectivity index (χ2n) is 9.64. The molecule has 1 N–H and O–H groups in total. The fraction of sp³-hybridized carbons (Fsp3) is 0.310. The zero-order valence-electron chi connectivity index (χ0n) is 23.0. The fourth-order valence-electron chi connectivity index (χ4n) is 4.28. The minimum absolute atomic E-state index is 0.0399. The van der Waals surface area contributed by atoms with E-state index in [-0.39, 0.29) is 34.8 Å². The standard InChI is InChI=1S/C29H34N4O6S/c1-5-27(29(35)30-21(2)3)31(19-23-13-10-9-12-22(23)4)28(34)20-32(24-14-11-15-25(18-24)33(36)37)40(38,39)26-16-7-6-8-17-26/h6-18,21,27H,5,19-20H2,1-4H3,(H,30,35)/t27-/m1/s1. The minimum atomic E-state index is -4.32. The largest absolute Gasteiger partial charge is 0.352 e. The molecule has 0 spiro atoms. The number of non-ortho nitro benzene ring substituents is 1. The number of hydrogen-bond donors (Lipinski definition) is 1. The van der Waals surface area contributed by atoms with Crippen LogP contribution >= 0.6 is 0 Å². The first-order valence-electron chi connectivity index (χ1n) is 12.9. The summed E-state index contributed by atoms with van der Waals surface area (Å²) in [6.45, 7) is 6.70. The van der Waals surface area contributed by atoms with Gasteiger partial charge in [0.2, 0.25) is 11.8 Å². The Kier molecular flexibility index (Phi) is 10.0. The van der Waals surface area contributed by atoms with Crippen LogP contribution in [0.2, 0.25) is 0 Å². The summed E-state index contributed by atoms with van der Waals surface area (Å²) in [5, 5.41) is 14.3. The predicted molar refractivity (Wildman–Crippen MR) is 153 cm³/mol. The lowest BCUT2D eigenvalue weighted by atomic mass is 10.1. The molecule has 0 unspecified atom stereocenters. The van der Waals surface area contributed by atoms with Crippen LogP contribution in [0.1, 0.15) is 38.3 Å². The van der Waals surface area contributed by atoms with Crippen LogP contribution in [0, 0.1) is 17.0 Å². The molecule has 0 radical (unpaired) electrons. The van der Waals surface area contributed by atoms with Crippen LogP contribution < -0.4 is 9.62 Å². The van der Waals surface area contributed by atoms with Crippen molar-refractivity contribution in [3.05, 3.63) is 100 Å². The Labute approximate surface area is 234 Å². The van der Waals surface area contributed by atoms with Crippen molar-refractivity contribution in [2.45, 2.75) is 57.6 Å². The van der Waals surface area contributed by atoms with Gasteiger partial charge in [0.15, 0.2) is 0 Å². The lowest BCUT2D eigenvalue weighted by Crippen LogP contribution is -2.53. The molecule has 0 aliphatic heterocycles. The smallest absolute Gasteiger partial charge is 0.271 e. The number of nitro groups is 1. The average molecular weight is 567 g/mol. The third kappa shape index (κ3) is 7.23. The maximum absolute atomic E-state index is 14.0. The highest BCUT2D eigenvalue weighted by atomic mass is 32.2. The van der Waals surface area contributed by atoms with Crippen LogP contribution in [-0.2, 0) is 26.2 Å². The highest BCUT2D eigenvalue weighted by Crippen LogP contribution is 2.28. The first-order chi connectivity index (χ1) is 18.9. The fourth-order valence-corrected chi connectivity index (χ4v) is 5.71. The Hall–Kier alpha value is -4.25. The van der Waals surface area contributed by atoms with E-state index in [0.29, 0.717) is 6.42 Å². The zero-order valence-corrected chi connectivity index (χ0v) is 23.8. The van der Waals surface area contributed by atoms with Crippen LogP contribution in [0.15, 0.2) is 83.8 Å². The third-order valence-electron chi connectivity index (χ3n) is 6.36. The van der Waals surface area contributed by atoms with E-state index in [2.05, 4.69) is 5.32 Å². The van der Waals surface area contributed by atoms with Crippen LogP contribution in [0.3, 0.4) is 0 Å². The normalized spacial score (nSPS) is 12.0. The first-order valence-corrected chi connectivity index (χ1v) is 14.4. The van der Waals surface area contributed by atoms with E-state index in [9.17, 15) is 28.1 Å². The second kappa shape index (κ2) is 13.2. The molecule has 0 saturated carbocycles. The van der Waals surface area contributed by atoms with Crippen molar-refractivity contribution >= 4 is 33.2 Å². The number of nitrogens with zero attached hydrogens (tertiary/aromatic N) is 3. The molecular formula is C29H34N4O6S. The topological polar surface area (TPSA) is 130 Å². The maximum Gasteiger partial charge on any atom is 0.271 e. The third-order valence-corrected chi connectivity index (χ3v) is 8.15. The SMILES string of the molecule is CC[C@H](C(=O)NC(C)C)N(Cc1ccccc1C)C(=O)CN(c1cccc([N+](=O)[O-])c1)S(=O)(=O)c1ccccc1. The number of amides is 2. The van der Waals surface area contributed by atoms with Gasteiger partial charge < -0.3 is 10.2 Å². The number of anilines is 1. The van der Waals surface area contributed by atoms with Crippen molar-refractivity contribution in [2.75, 3.05) is 10.8 Å². The number of rotatable bonds is 12. The summed E-state index contributed by atoms with van der Waals surface area (Å²) in [6.07, 6.45) is 0.290. The molecule has 3 aromatic rings. The van der Waals surface area contributed by atoms with Gasteiger partial charge in [0.25, 0.3) is 15.7 Å². The van der Waals surface area contributed by atoms with E-state index < -0.39 is 33.4 Å². The number of sulfonamides is 1. The number of aryl methyl sites for hydroxylation is 1. The van der Waals surface area contributed by atoms with Crippen LogP contribution in [0.25, 0.3) is 0 Å². The van der Waals surface area contributed by atoms with Crippen LogP contribution in [0.5, 0.6) is 0 Å². The van der Waals surface area contributed by atoms with Gasteiger partial charge in [-0.1, -0.05) is 55.5 Å². The van der Waals surface area contributed by atoms with E-state index in [1.54, 1.807) is 25.1 Å². The summed E-state index contributed by atoms with van der Waals surface area (Å²) < 4.78 is 28.5. The van der Waals surface area contributed by atoms with E-state index in [0.717, 1.165) is 21.5 Å². The molecule has 2 amide bonds. The Bertz CT molecular complexity index is 1460. The molecule has 10 nitrogen and oxygen atoms in total. The molecule has 0 bridgehead atoms. The van der Waals surface area contributed by atoms with Crippen molar-refractivity contribution < 1.29 is 22.9 Å². The average Bonchev–Trinajstić information content (AvgIpc) is 2.92. The van der Waals surface area contributed by atoms with Gasteiger partial charge in [0.05, 0.1) is 15.5 Å². The zero-order chi connectivity index (χ0) is 29.4. The summed E-state index contributed by atoms with van der Waals surface area (Å²) in [5.74, 6) is -0.979. The molecule has 11 heteroatoms. The minimum Gasteiger partial charge on any atom is -0.352 e.